The summed E-state index contributed by atoms with van der Waals surface area (Å²) in [5.74, 6) is -0.960. The Hall–Kier alpha value is -2.56. The van der Waals surface area contributed by atoms with Gasteiger partial charge in [-0.05, 0) is 29.7 Å². The van der Waals surface area contributed by atoms with E-state index in [4.69, 9.17) is 9.52 Å². The van der Waals surface area contributed by atoms with Crippen LogP contribution in [0.5, 0.6) is 0 Å². The fourth-order valence-corrected chi connectivity index (χ4v) is 1.98. The average molecular weight is 287 g/mol. The second kappa shape index (κ2) is 6.74. The van der Waals surface area contributed by atoms with Crippen molar-refractivity contribution < 1.29 is 19.1 Å². The van der Waals surface area contributed by atoms with Crippen LogP contribution in [0, 0.1) is 0 Å². The Bertz CT molecular complexity index is 645. The zero-order valence-corrected chi connectivity index (χ0v) is 11.8. The topological polar surface area (TPSA) is 79.5 Å². The quantitative estimate of drug-likeness (QED) is 0.855. The molecule has 0 aliphatic heterocycles. The second-order valence-corrected chi connectivity index (χ2v) is 4.70. The Morgan fingerprint density at radius 3 is 2.62 bits per heavy atom. The Labute approximate surface area is 122 Å². The summed E-state index contributed by atoms with van der Waals surface area (Å²) in [4.78, 5) is 22.5. The summed E-state index contributed by atoms with van der Waals surface area (Å²) in [7, 11) is 0. The smallest absolute Gasteiger partial charge is 0.371 e. The van der Waals surface area contributed by atoms with E-state index in [2.05, 4.69) is 12.2 Å². The standard InChI is InChI=1S/C16H17NO4/c1-2-11-4-3-5-12(8-11)9-15(18)17-10-13-6-7-14(21-13)16(19)20/h3-8H,2,9-10H2,1H3,(H,17,18)(H,19,20). The van der Waals surface area contributed by atoms with Gasteiger partial charge in [0.2, 0.25) is 11.7 Å². The van der Waals surface area contributed by atoms with Gasteiger partial charge in [0.05, 0.1) is 13.0 Å². The normalized spacial score (nSPS) is 10.3. The number of amides is 1. The highest BCUT2D eigenvalue weighted by Gasteiger charge is 2.10. The fraction of sp³-hybridized carbons (Fsp3) is 0.250. The molecule has 1 amide bonds. The lowest BCUT2D eigenvalue weighted by Gasteiger charge is -2.05. The third-order valence-corrected chi connectivity index (χ3v) is 3.10. The minimum absolute atomic E-state index is 0.128. The van der Waals surface area contributed by atoms with Crippen LogP contribution in [-0.2, 0) is 24.2 Å². The van der Waals surface area contributed by atoms with Crippen LogP contribution in [0.4, 0.5) is 0 Å². The van der Waals surface area contributed by atoms with Gasteiger partial charge in [-0.15, -0.1) is 0 Å². The molecule has 0 saturated heterocycles. The van der Waals surface area contributed by atoms with Gasteiger partial charge in [-0.25, -0.2) is 4.79 Å². The van der Waals surface area contributed by atoms with Crippen molar-refractivity contribution in [3.63, 3.8) is 0 Å². The van der Waals surface area contributed by atoms with Crippen molar-refractivity contribution in [2.75, 3.05) is 0 Å². The van der Waals surface area contributed by atoms with Gasteiger partial charge in [-0.3, -0.25) is 4.79 Å². The monoisotopic (exact) mass is 287 g/mol. The van der Waals surface area contributed by atoms with Crippen LogP contribution in [0.3, 0.4) is 0 Å². The molecule has 1 heterocycles. The molecule has 0 aliphatic carbocycles. The first-order valence-electron chi connectivity index (χ1n) is 6.75. The first kappa shape index (κ1) is 14.8. The summed E-state index contributed by atoms with van der Waals surface area (Å²) in [6.07, 6.45) is 1.22. The average Bonchev–Trinajstić information content (AvgIpc) is 2.94. The third-order valence-electron chi connectivity index (χ3n) is 3.10. The van der Waals surface area contributed by atoms with Gasteiger partial charge in [0, 0.05) is 0 Å². The van der Waals surface area contributed by atoms with E-state index in [9.17, 15) is 9.59 Å². The van der Waals surface area contributed by atoms with E-state index in [0.717, 1.165) is 12.0 Å². The molecule has 5 nitrogen and oxygen atoms in total. The summed E-state index contributed by atoms with van der Waals surface area (Å²) in [5.41, 5.74) is 2.15. The molecule has 0 spiro atoms. The summed E-state index contributed by atoms with van der Waals surface area (Å²) in [5, 5.41) is 11.5. The number of carbonyl (C=O) groups excluding carboxylic acids is 1. The molecule has 0 bridgehead atoms. The van der Waals surface area contributed by atoms with Crippen molar-refractivity contribution in [2.24, 2.45) is 0 Å². The lowest BCUT2D eigenvalue weighted by Crippen LogP contribution is -2.24. The first-order valence-corrected chi connectivity index (χ1v) is 6.75. The minimum Gasteiger partial charge on any atom is -0.475 e. The van der Waals surface area contributed by atoms with Gasteiger partial charge in [0.25, 0.3) is 0 Å². The largest absolute Gasteiger partial charge is 0.475 e. The predicted molar refractivity (Wildman–Crippen MR) is 77.0 cm³/mol. The van der Waals surface area contributed by atoms with Crippen LogP contribution in [0.2, 0.25) is 0 Å². The highest BCUT2D eigenvalue weighted by molar-refractivity contribution is 5.84. The van der Waals surface area contributed by atoms with Crippen LogP contribution in [-0.4, -0.2) is 17.0 Å². The maximum atomic E-state index is 11.9. The maximum Gasteiger partial charge on any atom is 0.371 e. The van der Waals surface area contributed by atoms with Gasteiger partial charge >= 0.3 is 5.97 Å². The number of aryl methyl sites for hydroxylation is 1. The summed E-state index contributed by atoms with van der Waals surface area (Å²) >= 11 is 0. The van der Waals surface area contributed by atoms with E-state index >= 15 is 0 Å². The number of carboxylic acid groups (broad SMARTS) is 1. The van der Waals surface area contributed by atoms with E-state index in [0.29, 0.717) is 12.2 Å². The Morgan fingerprint density at radius 1 is 1.19 bits per heavy atom. The zero-order valence-electron chi connectivity index (χ0n) is 11.8. The molecule has 0 aliphatic rings. The number of hydrogen-bond acceptors (Lipinski definition) is 3. The van der Waals surface area contributed by atoms with E-state index in [-0.39, 0.29) is 18.2 Å². The second-order valence-electron chi connectivity index (χ2n) is 4.70. The molecule has 2 N–H and O–H groups in total. The van der Waals surface area contributed by atoms with Crippen molar-refractivity contribution in [1.29, 1.82) is 0 Å². The van der Waals surface area contributed by atoms with Crippen molar-refractivity contribution in [2.45, 2.75) is 26.3 Å². The van der Waals surface area contributed by atoms with Crippen LogP contribution < -0.4 is 5.32 Å². The van der Waals surface area contributed by atoms with Gasteiger partial charge < -0.3 is 14.8 Å². The zero-order chi connectivity index (χ0) is 15.2. The molecule has 0 atom stereocenters. The molecule has 2 rings (SSSR count). The number of furan rings is 1. The molecule has 1 aromatic carbocycles. The van der Waals surface area contributed by atoms with Crippen LogP contribution in [0.25, 0.3) is 0 Å². The predicted octanol–water partition coefficient (Wildman–Crippen LogP) is 2.40. The molecule has 0 fully saturated rings. The van der Waals surface area contributed by atoms with E-state index in [1.165, 1.54) is 11.6 Å². The Morgan fingerprint density at radius 2 is 1.95 bits per heavy atom. The maximum absolute atomic E-state index is 11.9. The number of aromatic carboxylic acids is 1. The van der Waals surface area contributed by atoms with Gasteiger partial charge in [0.1, 0.15) is 5.76 Å². The number of rotatable bonds is 6. The highest BCUT2D eigenvalue weighted by Crippen LogP contribution is 2.09. The number of hydrogen-bond donors (Lipinski definition) is 2. The number of carboxylic acids is 1. The number of nitrogens with one attached hydrogen (secondary N) is 1. The van der Waals surface area contributed by atoms with Crippen LogP contribution in [0.15, 0.2) is 40.8 Å². The highest BCUT2D eigenvalue weighted by atomic mass is 16.4. The Kier molecular flexibility index (Phi) is 4.77. The van der Waals surface area contributed by atoms with Crippen molar-refractivity contribution in [3.8, 4) is 0 Å². The van der Waals surface area contributed by atoms with Crippen molar-refractivity contribution >= 4 is 11.9 Å². The SMILES string of the molecule is CCc1cccc(CC(=O)NCc2ccc(C(=O)O)o2)c1. The molecule has 21 heavy (non-hydrogen) atoms. The molecule has 0 radical (unpaired) electrons. The van der Waals surface area contributed by atoms with E-state index in [1.54, 1.807) is 6.07 Å². The van der Waals surface area contributed by atoms with E-state index in [1.807, 2.05) is 24.3 Å². The summed E-state index contributed by atoms with van der Waals surface area (Å²) < 4.78 is 5.07. The molecule has 0 saturated carbocycles. The first-order chi connectivity index (χ1) is 10.1. The number of benzene rings is 1. The molecule has 0 unspecified atom stereocenters. The van der Waals surface area contributed by atoms with E-state index < -0.39 is 5.97 Å². The fourth-order valence-electron chi connectivity index (χ4n) is 1.98. The van der Waals surface area contributed by atoms with Crippen LogP contribution in [0.1, 0.15) is 34.4 Å². The lowest BCUT2D eigenvalue weighted by molar-refractivity contribution is -0.120. The summed E-state index contributed by atoms with van der Waals surface area (Å²) in [6.45, 7) is 2.25. The Balaban J connectivity index is 1.87. The lowest BCUT2D eigenvalue weighted by atomic mass is 10.1. The third kappa shape index (κ3) is 4.21. The van der Waals surface area contributed by atoms with Gasteiger partial charge in [-0.2, -0.15) is 0 Å². The summed E-state index contributed by atoms with van der Waals surface area (Å²) in [6, 6.07) is 10.8. The van der Waals surface area contributed by atoms with Gasteiger partial charge in [-0.1, -0.05) is 31.2 Å². The molecule has 110 valence electrons. The van der Waals surface area contributed by atoms with Crippen molar-refractivity contribution in [3.05, 3.63) is 59.0 Å². The van der Waals surface area contributed by atoms with Gasteiger partial charge in [0.15, 0.2) is 0 Å². The molecular formula is C16H17NO4. The molecule has 1 aromatic heterocycles. The molecule has 5 heteroatoms. The number of carbonyl (C=O) groups is 2. The molecular weight excluding hydrogens is 270 g/mol. The minimum atomic E-state index is -1.12. The van der Waals surface area contributed by atoms with Crippen LogP contribution >= 0.6 is 0 Å². The molecule has 2 aromatic rings. The van der Waals surface area contributed by atoms with Crippen molar-refractivity contribution in [1.82, 2.24) is 5.32 Å².